The quantitative estimate of drug-likeness (QED) is 0.917. The Morgan fingerprint density at radius 3 is 2.72 bits per heavy atom. The van der Waals surface area contributed by atoms with Crippen LogP contribution in [0.5, 0.6) is 0 Å². The van der Waals surface area contributed by atoms with Gasteiger partial charge in [0.2, 0.25) is 0 Å². The van der Waals surface area contributed by atoms with Crippen molar-refractivity contribution < 1.29 is 0 Å². The lowest BCUT2D eigenvalue weighted by molar-refractivity contribution is 0.901. The minimum Gasteiger partial charge on any atom is -0.375 e. The second-order valence-corrected chi connectivity index (χ2v) is 6.02. The van der Waals surface area contributed by atoms with Gasteiger partial charge in [-0.05, 0) is 31.2 Å². The Labute approximate surface area is 116 Å². The predicted molar refractivity (Wildman–Crippen MR) is 79.9 cm³/mol. The molecule has 2 heterocycles. The molecule has 1 N–H and O–H groups in total. The van der Waals surface area contributed by atoms with Crippen LogP contribution in [-0.4, -0.2) is 19.1 Å². The summed E-state index contributed by atoms with van der Waals surface area (Å²) in [5.41, 5.74) is 1.03. The molecule has 0 amide bonds. The zero-order valence-electron chi connectivity index (χ0n) is 10.6. The zero-order valence-corrected chi connectivity index (χ0v) is 12.2. The molecule has 0 saturated heterocycles. The molecule has 1 atom stereocenters. The number of rotatable bonds is 4. The van der Waals surface area contributed by atoms with E-state index >= 15 is 0 Å². The number of nitrogens with zero attached hydrogens (tertiary/aromatic N) is 2. The first kappa shape index (κ1) is 13.2. The van der Waals surface area contributed by atoms with E-state index in [9.17, 15) is 0 Å². The molecule has 2 rings (SSSR count). The SMILES string of the molecule is CC(Nc1cccnc1N(C)C)c1ccc(Cl)s1. The van der Waals surface area contributed by atoms with Crippen molar-refractivity contribution in [3.8, 4) is 0 Å². The fourth-order valence-corrected chi connectivity index (χ4v) is 2.79. The van der Waals surface area contributed by atoms with Crippen LogP contribution >= 0.6 is 22.9 Å². The first-order valence-electron chi connectivity index (χ1n) is 5.72. The second-order valence-electron chi connectivity index (χ2n) is 4.28. The first-order valence-corrected chi connectivity index (χ1v) is 6.91. The summed E-state index contributed by atoms with van der Waals surface area (Å²) in [5.74, 6) is 0.937. The van der Waals surface area contributed by atoms with Crippen LogP contribution < -0.4 is 10.2 Å². The maximum atomic E-state index is 5.96. The van der Waals surface area contributed by atoms with E-state index in [-0.39, 0.29) is 6.04 Å². The van der Waals surface area contributed by atoms with Crippen molar-refractivity contribution in [3.63, 3.8) is 0 Å². The molecular weight excluding hydrogens is 266 g/mol. The van der Waals surface area contributed by atoms with Gasteiger partial charge < -0.3 is 10.2 Å². The molecule has 0 aliphatic rings. The molecule has 2 aromatic rings. The van der Waals surface area contributed by atoms with E-state index in [2.05, 4.69) is 23.3 Å². The first-order chi connectivity index (χ1) is 8.58. The Morgan fingerprint density at radius 1 is 1.33 bits per heavy atom. The molecule has 0 radical (unpaired) electrons. The number of nitrogens with one attached hydrogen (secondary N) is 1. The van der Waals surface area contributed by atoms with Crippen molar-refractivity contribution in [1.82, 2.24) is 4.98 Å². The summed E-state index contributed by atoms with van der Waals surface area (Å²) in [4.78, 5) is 7.58. The van der Waals surface area contributed by atoms with Gasteiger partial charge in [0.25, 0.3) is 0 Å². The third-order valence-electron chi connectivity index (χ3n) is 2.60. The highest BCUT2D eigenvalue weighted by Crippen LogP contribution is 2.31. The van der Waals surface area contributed by atoms with Gasteiger partial charge in [0.15, 0.2) is 5.82 Å². The van der Waals surface area contributed by atoms with Gasteiger partial charge >= 0.3 is 0 Å². The van der Waals surface area contributed by atoms with Crippen LogP contribution in [0.2, 0.25) is 4.34 Å². The second kappa shape index (κ2) is 5.59. The largest absolute Gasteiger partial charge is 0.375 e. The Kier molecular flexibility index (Phi) is 4.09. The van der Waals surface area contributed by atoms with E-state index in [4.69, 9.17) is 11.6 Å². The molecule has 5 heteroatoms. The number of hydrogen-bond donors (Lipinski definition) is 1. The molecule has 0 saturated carbocycles. The van der Waals surface area contributed by atoms with Gasteiger partial charge in [-0.15, -0.1) is 11.3 Å². The summed E-state index contributed by atoms with van der Waals surface area (Å²) in [6.07, 6.45) is 1.80. The highest BCUT2D eigenvalue weighted by atomic mass is 35.5. The van der Waals surface area contributed by atoms with Crippen molar-refractivity contribution in [2.75, 3.05) is 24.3 Å². The molecule has 0 aliphatic heterocycles. The number of pyridine rings is 1. The summed E-state index contributed by atoms with van der Waals surface area (Å²) >= 11 is 7.56. The topological polar surface area (TPSA) is 28.2 Å². The van der Waals surface area contributed by atoms with Crippen LogP contribution in [0.3, 0.4) is 0 Å². The monoisotopic (exact) mass is 281 g/mol. The smallest absolute Gasteiger partial charge is 0.151 e. The van der Waals surface area contributed by atoms with Gasteiger partial charge in [-0.25, -0.2) is 4.98 Å². The van der Waals surface area contributed by atoms with Crippen molar-refractivity contribution in [2.24, 2.45) is 0 Å². The lowest BCUT2D eigenvalue weighted by atomic mass is 10.2. The average molecular weight is 282 g/mol. The van der Waals surface area contributed by atoms with Gasteiger partial charge in [-0.1, -0.05) is 11.6 Å². The van der Waals surface area contributed by atoms with E-state index in [1.54, 1.807) is 17.5 Å². The molecular formula is C13H16ClN3S. The zero-order chi connectivity index (χ0) is 13.1. The van der Waals surface area contributed by atoms with Gasteiger partial charge in [0, 0.05) is 25.2 Å². The third kappa shape index (κ3) is 2.94. The fraction of sp³-hybridized carbons (Fsp3) is 0.308. The van der Waals surface area contributed by atoms with Crippen LogP contribution in [0, 0.1) is 0 Å². The lowest BCUT2D eigenvalue weighted by Gasteiger charge is -2.20. The van der Waals surface area contributed by atoms with E-state index in [1.807, 2.05) is 37.2 Å². The minimum absolute atomic E-state index is 0.213. The van der Waals surface area contributed by atoms with Crippen LogP contribution in [0.25, 0.3) is 0 Å². The Hall–Kier alpha value is -1.26. The van der Waals surface area contributed by atoms with Crippen LogP contribution in [0.15, 0.2) is 30.5 Å². The third-order valence-corrected chi connectivity index (χ3v) is 4.02. The van der Waals surface area contributed by atoms with Crippen molar-refractivity contribution in [2.45, 2.75) is 13.0 Å². The molecule has 0 aliphatic carbocycles. The molecule has 96 valence electrons. The van der Waals surface area contributed by atoms with E-state index < -0.39 is 0 Å². The highest BCUT2D eigenvalue weighted by Gasteiger charge is 2.11. The van der Waals surface area contributed by atoms with Crippen molar-refractivity contribution in [3.05, 3.63) is 39.7 Å². The van der Waals surface area contributed by atoms with Crippen molar-refractivity contribution >= 4 is 34.4 Å². The number of aromatic nitrogens is 1. The average Bonchev–Trinajstić information content (AvgIpc) is 2.76. The van der Waals surface area contributed by atoms with Crippen LogP contribution in [0.1, 0.15) is 17.8 Å². The summed E-state index contributed by atoms with van der Waals surface area (Å²) in [7, 11) is 3.97. The summed E-state index contributed by atoms with van der Waals surface area (Å²) < 4.78 is 0.817. The highest BCUT2D eigenvalue weighted by molar-refractivity contribution is 7.16. The maximum absolute atomic E-state index is 5.96. The summed E-state index contributed by atoms with van der Waals surface area (Å²) in [6.45, 7) is 2.12. The Morgan fingerprint density at radius 2 is 2.11 bits per heavy atom. The predicted octanol–water partition coefficient (Wildman–Crippen LogP) is 4.04. The van der Waals surface area contributed by atoms with E-state index in [0.29, 0.717) is 0 Å². The van der Waals surface area contributed by atoms with E-state index in [1.165, 1.54) is 4.88 Å². The van der Waals surface area contributed by atoms with Crippen LogP contribution in [-0.2, 0) is 0 Å². The maximum Gasteiger partial charge on any atom is 0.151 e. The molecule has 18 heavy (non-hydrogen) atoms. The lowest BCUT2D eigenvalue weighted by Crippen LogP contribution is -2.15. The Balaban J connectivity index is 2.19. The molecule has 3 nitrogen and oxygen atoms in total. The van der Waals surface area contributed by atoms with Gasteiger partial charge in [0.1, 0.15) is 0 Å². The van der Waals surface area contributed by atoms with Gasteiger partial charge in [-0.2, -0.15) is 0 Å². The molecule has 0 aromatic carbocycles. The fourth-order valence-electron chi connectivity index (χ4n) is 1.73. The number of halogens is 1. The number of thiophene rings is 1. The van der Waals surface area contributed by atoms with Crippen molar-refractivity contribution in [1.29, 1.82) is 0 Å². The number of hydrogen-bond acceptors (Lipinski definition) is 4. The Bertz CT molecular complexity index is 524. The molecule has 0 spiro atoms. The molecule has 2 aromatic heterocycles. The van der Waals surface area contributed by atoms with Gasteiger partial charge in [-0.3, -0.25) is 0 Å². The molecule has 0 bridgehead atoms. The van der Waals surface area contributed by atoms with Gasteiger partial charge in [0.05, 0.1) is 16.1 Å². The molecule has 1 unspecified atom stereocenters. The number of anilines is 2. The van der Waals surface area contributed by atoms with E-state index in [0.717, 1.165) is 15.8 Å². The van der Waals surface area contributed by atoms with Crippen LogP contribution in [0.4, 0.5) is 11.5 Å². The summed E-state index contributed by atoms with van der Waals surface area (Å²) in [5, 5.41) is 3.47. The standard InChI is InChI=1S/C13H16ClN3S/c1-9(11-6-7-12(14)18-11)16-10-5-4-8-15-13(10)17(2)3/h4-9,16H,1-3H3. The molecule has 0 fully saturated rings. The normalized spacial score (nSPS) is 12.2. The minimum atomic E-state index is 0.213. The summed E-state index contributed by atoms with van der Waals surface area (Å²) in [6, 6.07) is 8.16.